The molecule has 20 heavy (non-hydrogen) atoms. The van der Waals surface area contributed by atoms with Gasteiger partial charge in [-0.3, -0.25) is 0 Å². The SMILES string of the molecule is CN(SCCSN(C)c1ccccn1)c1ccccn1. The molecule has 0 atom stereocenters. The van der Waals surface area contributed by atoms with Crippen LogP contribution in [-0.2, 0) is 0 Å². The van der Waals surface area contributed by atoms with Crippen LogP contribution in [0.25, 0.3) is 0 Å². The third-order valence-corrected chi connectivity index (χ3v) is 4.78. The molecule has 2 rings (SSSR count). The molecule has 0 N–H and O–H groups in total. The summed E-state index contributed by atoms with van der Waals surface area (Å²) in [6, 6.07) is 11.9. The first-order valence-corrected chi connectivity index (χ1v) is 8.21. The Morgan fingerprint density at radius 2 is 1.25 bits per heavy atom. The van der Waals surface area contributed by atoms with Gasteiger partial charge in [-0.1, -0.05) is 12.1 Å². The summed E-state index contributed by atoms with van der Waals surface area (Å²) in [5.41, 5.74) is 0. The third kappa shape index (κ3) is 4.61. The van der Waals surface area contributed by atoms with Crippen molar-refractivity contribution < 1.29 is 0 Å². The van der Waals surface area contributed by atoms with E-state index in [0.29, 0.717) is 0 Å². The molecule has 0 amide bonds. The number of rotatable bonds is 7. The molecule has 0 saturated heterocycles. The lowest BCUT2D eigenvalue weighted by Gasteiger charge is -2.18. The van der Waals surface area contributed by atoms with Gasteiger partial charge in [-0.05, 0) is 48.2 Å². The zero-order chi connectivity index (χ0) is 14.2. The van der Waals surface area contributed by atoms with Crippen LogP contribution in [0.15, 0.2) is 48.8 Å². The number of hydrogen-bond donors (Lipinski definition) is 0. The highest BCUT2D eigenvalue weighted by Crippen LogP contribution is 2.21. The van der Waals surface area contributed by atoms with Crippen molar-refractivity contribution in [1.82, 2.24) is 9.97 Å². The van der Waals surface area contributed by atoms with E-state index in [1.807, 2.05) is 62.9 Å². The van der Waals surface area contributed by atoms with Gasteiger partial charge < -0.3 is 8.61 Å². The Morgan fingerprint density at radius 1 is 0.800 bits per heavy atom. The van der Waals surface area contributed by atoms with E-state index in [1.54, 1.807) is 23.9 Å². The smallest absolute Gasteiger partial charge is 0.138 e. The molecule has 0 radical (unpaired) electrons. The number of anilines is 2. The first kappa shape index (κ1) is 15.0. The molecule has 2 heterocycles. The van der Waals surface area contributed by atoms with Crippen molar-refractivity contribution in [3.8, 4) is 0 Å². The molecule has 0 aliphatic carbocycles. The van der Waals surface area contributed by atoms with Gasteiger partial charge in [-0.2, -0.15) is 0 Å². The number of hydrogen-bond acceptors (Lipinski definition) is 6. The topological polar surface area (TPSA) is 32.3 Å². The summed E-state index contributed by atoms with van der Waals surface area (Å²) in [7, 11) is 4.08. The van der Waals surface area contributed by atoms with E-state index in [9.17, 15) is 0 Å². The fourth-order valence-corrected chi connectivity index (χ4v) is 3.19. The van der Waals surface area contributed by atoms with E-state index in [-0.39, 0.29) is 0 Å². The normalized spacial score (nSPS) is 10.3. The van der Waals surface area contributed by atoms with E-state index in [2.05, 4.69) is 18.6 Å². The highest BCUT2D eigenvalue weighted by Gasteiger charge is 2.04. The van der Waals surface area contributed by atoms with E-state index in [1.165, 1.54) is 0 Å². The van der Waals surface area contributed by atoms with Crippen LogP contribution in [0.5, 0.6) is 0 Å². The van der Waals surface area contributed by atoms with Crippen LogP contribution < -0.4 is 8.61 Å². The van der Waals surface area contributed by atoms with Crippen LogP contribution >= 0.6 is 23.9 Å². The van der Waals surface area contributed by atoms with Crippen LogP contribution in [0.1, 0.15) is 0 Å². The maximum Gasteiger partial charge on any atom is 0.138 e. The Bertz CT molecular complexity index is 448. The molecule has 0 bridgehead atoms. The van der Waals surface area contributed by atoms with Crippen molar-refractivity contribution >= 4 is 35.5 Å². The lowest BCUT2D eigenvalue weighted by Crippen LogP contribution is -2.12. The average Bonchev–Trinajstić information content (AvgIpc) is 2.53. The summed E-state index contributed by atoms with van der Waals surface area (Å²) in [6.07, 6.45) is 3.63. The second-order valence-corrected chi connectivity index (χ2v) is 6.47. The second-order valence-electron chi connectivity index (χ2n) is 4.04. The molecule has 0 aliphatic rings. The summed E-state index contributed by atoms with van der Waals surface area (Å²) in [4.78, 5) is 8.64. The predicted molar refractivity (Wildman–Crippen MR) is 90.2 cm³/mol. The van der Waals surface area contributed by atoms with Gasteiger partial charge >= 0.3 is 0 Å². The zero-order valence-corrected chi connectivity index (χ0v) is 13.3. The monoisotopic (exact) mass is 306 g/mol. The van der Waals surface area contributed by atoms with Gasteiger partial charge in [0.15, 0.2) is 0 Å². The summed E-state index contributed by atoms with van der Waals surface area (Å²) >= 11 is 3.54. The zero-order valence-electron chi connectivity index (χ0n) is 11.6. The Labute approximate surface area is 128 Å². The van der Waals surface area contributed by atoms with Crippen LogP contribution in [0.2, 0.25) is 0 Å². The lowest BCUT2D eigenvalue weighted by atomic mass is 10.5. The Hall–Kier alpha value is -1.40. The summed E-state index contributed by atoms with van der Waals surface area (Å²) in [6.45, 7) is 0. The Kier molecular flexibility index (Phi) is 6.01. The molecule has 6 heteroatoms. The fourth-order valence-electron chi connectivity index (χ4n) is 1.56. The minimum atomic E-state index is 0.987. The predicted octanol–water partition coefficient (Wildman–Crippen LogP) is 3.35. The van der Waals surface area contributed by atoms with E-state index >= 15 is 0 Å². The summed E-state index contributed by atoms with van der Waals surface area (Å²) in [5, 5.41) is 0. The molecule has 0 aliphatic heterocycles. The van der Waals surface area contributed by atoms with Crippen molar-refractivity contribution in [2.24, 2.45) is 0 Å². The Morgan fingerprint density at radius 3 is 1.60 bits per heavy atom. The summed E-state index contributed by atoms with van der Waals surface area (Å²) < 4.78 is 4.20. The second kappa shape index (κ2) is 8.01. The first-order valence-electron chi connectivity index (χ1n) is 6.33. The molecule has 0 saturated carbocycles. The molecule has 0 fully saturated rings. The quantitative estimate of drug-likeness (QED) is 0.576. The molecule has 0 aromatic carbocycles. The van der Waals surface area contributed by atoms with Crippen molar-refractivity contribution in [3.63, 3.8) is 0 Å². The average molecular weight is 306 g/mol. The van der Waals surface area contributed by atoms with Crippen molar-refractivity contribution in [2.75, 3.05) is 34.2 Å². The number of aromatic nitrogens is 2. The minimum Gasteiger partial charge on any atom is -0.304 e. The highest BCUT2D eigenvalue weighted by molar-refractivity contribution is 8.04. The number of pyridine rings is 2. The van der Waals surface area contributed by atoms with Crippen LogP contribution in [0.3, 0.4) is 0 Å². The van der Waals surface area contributed by atoms with Crippen LogP contribution in [0.4, 0.5) is 11.6 Å². The third-order valence-electron chi connectivity index (χ3n) is 2.60. The van der Waals surface area contributed by atoms with Gasteiger partial charge in [-0.15, -0.1) is 0 Å². The lowest BCUT2D eigenvalue weighted by molar-refractivity contribution is 1.21. The van der Waals surface area contributed by atoms with Crippen molar-refractivity contribution in [1.29, 1.82) is 0 Å². The molecule has 4 nitrogen and oxygen atoms in total. The molecule has 2 aromatic heterocycles. The van der Waals surface area contributed by atoms with Gasteiger partial charge in [0.05, 0.1) is 0 Å². The molecule has 0 unspecified atom stereocenters. The molecule has 0 spiro atoms. The number of nitrogens with zero attached hydrogens (tertiary/aromatic N) is 4. The standard InChI is InChI=1S/C14H18N4S2/c1-17(13-7-3-5-9-15-13)19-11-12-20-18(2)14-8-4-6-10-16-14/h3-10H,11-12H2,1-2H3. The van der Waals surface area contributed by atoms with E-state index < -0.39 is 0 Å². The highest BCUT2D eigenvalue weighted by atomic mass is 32.2. The van der Waals surface area contributed by atoms with Gasteiger partial charge in [0.25, 0.3) is 0 Å². The maximum absolute atomic E-state index is 4.32. The minimum absolute atomic E-state index is 0.987. The fraction of sp³-hybridized carbons (Fsp3) is 0.286. The molecular weight excluding hydrogens is 288 g/mol. The first-order chi connectivity index (χ1) is 9.77. The molecule has 2 aromatic rings. The van der Waals surface area contributed by atoms with Gasteiger partial charge in [-0.25, -0.2) is 9.97 Å². The largest absolute Gasteiger partial charge is 0.304 e. The Balaban J connectivity index is 1.69. The van der Waals surface area contributed by atoms with Crippen LogP contribution in [-0.4, -0.2) is 35.6 Å². The van der Waals surface area contributed by atoms with Crippen molar-refractivity contribution in [3.05, 3.63) is 48.8 Å². The van der Waals surface area contributed by atoms with E-state index in [0.717, 1.165) is 23.1 Å². The van der Waals surface area contributed by atoms with Crippen molar-refractivity contribution in [2.45, 2.75) is 0 Å². The molecular formula is C14H18N4S2. The summed E-state index contributed by atoms with van der Waals surface area (Å²) in [5.74, 6) is 4.02. The maximum atomic E-state index is 4.32. The molecule has 106 valence electrons. The van der Waals surface area contributed by atoms with Gasteiger partial charge in [0.2, 0.25) is 0 Å². The van der Waals surface area contributed by atoms with E-state index in [4.69, 9.17) is 0 Å². The van der Waals surface area contributed by atoms with Gasteiger partial charge in [0.1, 0.15) is 11.6 Å². The van der Waals surface area contributed by atoms with Gasteiger partial charge in [0, 0.05) is 38.0 Å². The van der Waals surface area contributed by atoms with Crippen LogP contribution in [0, 0.1) is 0 Å².